The molecule has 0 aliphatic carbocycles. The standard InChI is InChI=1S/C18H14BrClN2O3/c1-11(14-4-2-3-5-15(14)20)25-18(23)22-17-16(24-10-21-17)12-6-8-13(19)9-7-12/h2-11H,1H3,(H,22,23)/t11-/m1/s1. The molecule has 0 bridgehead atoms. The Morgan fingerprint density at radius 2 is 1.96 bits per heavy atom. The van der Waals surface area contributed by atoms with E-state index in [1.54, 1.807) is 13.0 Å². The van der Waals surface area contributed by atoms with Gasteiger partial charge in [0, 0.05) is 20.6 Å². The molecule has 128 valence electrons. The number of hydrogen-bond donors (Lipinski definition) is 1. The van der Waals surface area contributed by atoms with E-state index in [1.165, 1.54) is 6.39 Å². The van der Waals surface area contributed by atoms with Crippen LogP contribution in [0.5, 0.6) is 0 Å². The number of halogens is 2. The highest BCUT2D eigenvalue weighted by atomic mass is 79.9. The summed E-state index contributed by atoms with van der Waals surface area (Å²) in [5.74, 6) is 0.744. The molecular weight excluding hydrogens is 408 g/mol. The van der Waals surface area contributed by atoms with E-state index < -0.39 is 12.2 Å². The van der Waals surface area contributed by atoms with Gasteiger partial charge >= 0.3 is 6.09 Å². The zero-order valence-corrected chi connectivity index (χ0v) is 15.5. The quantitative estimate of drug-likeness (QED) is 0.555. The summed E-state index contributed by atoms with van der Waals surface area (Å²) in [6, 6.07) is 14.7. The molecular formula is C18H14BrClN2O3. The molecule has 2 aromatic carbocycles. The molecule has 25 heavy (non-hydrogen) atoms. The molecule has 0 radical (unpaired) electrons. The lowest BCUT2D eigenvalue weighted by Crippen LogP contribution is -2.16. The van der Waals surface area contributed by atoms with Crippen LogP contribution in [0.15, 0.2) is 63.8 Å². The van der Waals surface area contributed by atoms with Gasteiger partial charge in [-0.1, -0.05) is 45.7 Å². The van der Waals surface area contributed by atoms with Crippen molar-refractivity contribution in [3.8, 4) is 11.3 Å². The first-order valence-corrected chi connectivity index (χ1v) is 8.63. The van der Waals surface area contributed by atoms with Crippen molar-refractivity contribution >= 4 is 39.4 Å². The van der Waals surface area contributed by atoms with Crippen molar-refractivity contribution in [1.82, 2.24) is 4.98 Å². The van der Waals surface area contributed by atoms with Crippen molar-refractivity contribution < 1.29 is 13.9 Å². The molecule has 0 aliphatic rings. The van der Waals surface area contributed by atoms with Crippen molar-refractivity contribution in [2.75, 3.05) is 5.32 Å². The molecule has 1 heterocycles. The molecule has 1 atom stereocenters. The molecule has 0 unspecified atom stereocenters. The molecule has 1 amide bonds. The Kier molecular flexibility index (Phi) is 5.40. The second-order valence-electron chi connectivity index (χ2n) is 5.23. The fourth-order valence-corrected chi connectivity index (χ4v) is 2.85. The minimum atomic E-state index is -0.639. The number of anilines is 1. The smallest absolute Gasteiger partial charge is 0.413 e. The molecule has 3 rings (SSSR count). The highest BCUT2D eigenvalue weighted by Gasteiger charge is 2.18. The molecule has 5 nitrogen and oxygen atoms in total. The molecule has 0 aliphatic heterocycles. The van der Waals surface area contributed by atoms with Crippen molar-refractivity contribution in [1.29, 1.82) is 0 Å². The average molecular weight is 422 g/mol. The number of benzene rings is 2. The third-order valence-electron chi connectivity index (χ3n) is 3.52. The lowest BCUT2D eigenvalue weighted by molar-refractivity contribution is 0.121. The normalized spacial score (nSPS) is 11.8. The van der Waals surface area contributed by atoms with Crippen molar-refractivity contribution in [3.05, 3.63) is 70.0 Å². The Bertz CT molecular complexity index is 880. The first kappa shape index (κ1) is 17.5. The van der Waals surface area contributed by atoms with Crippen LogP contribution < -0.4 is 5.32 Å². The Morgan fingerprint density at radius 1 is 1.24 bits per heavy atom. The third-order valence-corrected chi connectivity index (χ3v) is 4.39. The number of oxazole rings is 1. The van der Waals surface area contributed by atoms with Crippen molar-refractivity contribution in [2.24, 2.45) is 0 Å². The maximum atomic E-state index is 12.2. The average Bonchev–Trinajstić information content (AvgIpc) is 3.03. The zero-order valence-electron chi connectivity index (χ0n) is 13.2. The van der Waals surface area contributed by atoms with Crippen LogP contribution in [0, 0.1) is 0 Å². The van der Waals surface area contributed by atoms with Crippen LogP contribution in [0.3, 0.4) is 0 Å². The summed E-state index contributed by atoms with van der Waals surface area (Å²) >= 11 is 9.50. The maximum Gasteiger partial charge on any atom is 0.413 e. The second kappa shape index (κ2) is 7.72. The van der Waals surface area contributed by atoms with Gasteiger partial charge < -0.3 is 9.15 Å². The fourth-order valence-electron chi connectivity index (χ4n) is 2.30. The Morgan fingerprint density at radius 3 is 2.68 bits per heavy atom. The van der Waals surface area contributed by atoms with Crippen LogP contribution in [0.2, 0.25) is 5.02 Å². The summed E-state index contributed by atoms with van der Waals surface area (Å²) in [6.07, 6.45) is 0.126. The largest absolute Gasteiger partial charge is 0.441 e. The highest BCUT2D eigenvalue weighted by Crippen LogP contribution is 2.29. The number of nitrogens with one attached hydrogen (secondary N) is 1. The molecule has 1 aromatic heterocycles. The number of carbonyl (C=O) groups is 1. The van der Waals surface area contributed by atoms with E-state index >= 15 is 0 Å². The third kappa shape index (κ3) is 4.21. The van der Waals surface area contributed by atoms with E-state index in [4.69, 9.17) is 20.8 Å². The minimum Gasteiger partial charge on any atom is -0.441 e. The van der Waals surface area contributed by atoms with Crippen LogP contribution in [-0.2, 0) is 4.74 Å². The molecule has 0 fully saturated rings. The molecule has 0 saturated carbocycles. The van der Waals surface area contributed by atoms with Gasteiger partial charge in [0.2, 0.25) is 0 Å². The van der Waals surface area contributed by atoms with E-state index in [0.717, 1.165) is 15.6 Å². The predicted octanol–water partition coefficient (Wildman–Crippen LogP) is 6.07. The van der Waals surface area contributed by atoms with Gasteiger partial charge in [-0.25, -0.2) is 4.79 Å². The lowest BCUT2D eigenvalue weighted by Gasteiger charge is -2.15. The predicted molar refractivity (Wildman–Crippen MR) is 99.6 cm³/mol. The minimum absolute atomic E-state index is 0.290. The molecule has 0 spiro atoms. The monoisotopic (exact) mass is 420 g/mol. The first-order valence-electron chi connectivity index (χ1n) is 7.46. The van der Waals surface area contributed by atoms with Crippen LogP contribution in [0.1, 0.15) is 18.6 Å². The van der Waals surface area contributed by atoms with Crippen LogP contribution in [0.4, 0.5) is 10.6 Å². The van der Waals surface area contributed by atoms with Gasteiger partial charge in [-0.15, -0.1) is 0 Å². The van der Waals surface area contributed by atoms with Gasteiger partial charge in [-0.3, -0.25) is 5.32 Å². The van der Waals surface area contributed by atoms with Gasteiger partial charge in [0.15, 0.2) is 18.0 Å². The van der Waals surface area contributed by atoms with E-state index in [0.29, 0.717) is 16.6 Å². The highest BCUT2D eigenvalue weighted by molar-refractivity contribution is 9.10. The number of nitrogens with zero attached hydrogens (tertiary/aromatic N) is 1. The fraction of sp³-hybridized carbons (Fsp3) is 0.111. The first-order chi connectivity index (χ1) is 12.0. The number of amides is 1. The zero-order chi connectivity index (χ0) is 17.8. The van der Waals surface area contributed by atoms with Gasteiger partial charge in [0.25, 0.3) is 0 Å². The van der Waals surface area contributed by atoms with E-state index in [-0.39, 0.29) is 0 Å². The number of aromatic nitrogens is 1. The maximum absolute atomic E-state index is 12.2. The molecule has 1 N–H and O–H groups in total. The van der Waals surface area contributed by atoms with Crippen LogP contribution in [0.25, 0.3) is 11.3 Å². The van der Waals surface area contributed by atoms with Crippen LogP contribution in [-0.4, -0.2) is 11.1 Å². The number of hydrogen-bond acceptors (Lipinski definition) is 4. The summed E-state index contributed by atoms with van der Waals surface area (Å²) in [5, 5.41) is 3.14. The lowest BCUT2D eigenvalue weighted by atomic mass is 10.1. The summed E-state index contributed by atoms with van der Waals surface area (Å²) in [4.78, 5) is 16.2. The van der Waals surface area contributed by atoms with Crippen LogP contribution >= 0.6 is 27.5 Å². The number of carbonyl (C=O) groups excluding carboxylic acids is 1. The van der Waals surface area contributed by atoms with Crippen molar-refractivity contribution in [2.45, 2.75) is 13.0 Å². The summed E-state index contributed by atoms with van der Waals surface area (Å²) in [6.45, 7) is 1.75. The van der Waals surface area contributed by atoms with Gasteiger partial charge in [-0.05, 0) is 37.3 Å². The van der Waals surface area contributed by atoms with Gasteiger partial charge in [0.05, 0.1) is 0 Å². The van der Waals surface area contributed by atoms with Crippen molar-refractivity contribution in [3.63, 3.8) is 0 Å². The number of rotatable bonds is 4. The number of ether oxygens (including phenoxy) is 1. The Balaban J connectivity index is 1.71. The molecule has 0 saturated heterocycles. The Hall–Kier alpha value is -2.31. The SMILES string of the molecule is C[C@@H](OC(=O)Nc1ncoc1-c1ccc(Br)cc1)c1ccccc1Cl. The summed E-state index contributed by atoms with van der Waals surface area (Å²) in [5.41, 5.74) is 1.52. The summed E-state index contributed by atoms with van der Waals surface area (Å²) in [7, 11) is 0. The van der Waals surface area contributed by atoms with E-state index in [1.807, 2.05) is 42.5 Å². The molecule has 3 aromatic rings. The van der Waals surface area contributed by atoms with Gasteiger partial charge in [0.1, 0.15) is 6.10 Å². The van der Waals surface area contributed by atoms with E-state index in [9.17, 15) is 4.79 Å². The Labute approximate surface area is 158 Å². The van der Waals surface area contributed by atoms with E-state index in [2.05, 4.69) is 26.2 Å². The topological polar surface area (TPSA) is 64.4 Å². The molecule has 7 heteroatoms. The summed E-state index contributed by atoms with van der Waals surface area (Å²) < 4.78 is 11.7. The van der Waals surface area contributed by atoms with Gasteiger partial charge in [-0.2, -0.15) is 4.98 Å². The second-order valence-corrected chi connectivity index (χ2v) is 6.55.